The van der Waals surface area contributed by atoms with Crippen LogP contribution in [0.4, 0.5) is 13.2 Å². The first-order chi connectivity index (χ1) is 6.83. The molecule has 1 aromatic rings. The molecule has 0 spiro atoms. The number of rotatable bonds is 2. The first-order valence-electron chi connectivity index (χ1n) is 3.64. The van der Waals surface area contributed by atoms with E-state index in [1.165, 1.54) is 0 Å². The number of nitrogens with two attached hydrogens (primary N) is 1. The van der Waals surface area contributed by atoms with Crippen molar-refractivity contribution in [1.82, 2.24) is 4.98 Å². The van der Waals surface area contributed by atoms with Crippen molar-refractivity contribution in [2.75, 3.05) is 0 Å². The number of hydrogen-bond acceptors (Lipinski definition) is 3. The van der Waals surface area contributed by atoms with E-state index in [-0.39, 0.29) is 21.9 Å². The number of nitrogens with zero attached hydrogens (tertiary/aromatic N) is 1. The number of ether oxygens (including phenoxy) is 1. The molecule has 8 heteroatoms. The second-order valence-electron chi connectivity index (χ2n) is 2.46. The minimum Gasteiger partial charge on any atom is -0.404 e. The molecule has 84 valence electrons. The fourth-order valence-corrected chi connectivity index (χ4v) is 1.51. The second-order valence-corrected chi connectivity index (χ2v) is 3.64. The Morgan fingerprint density at radius 2 is 2.13 bits per heavy atom. The third kappa shape index (κ3) is 3.51. The molecule has 0 atom stereocenters. The van der Waals surface area contributed by atoms with Gasteiger partial charge in [0.25, 0.3) is 0 Å². The number of pyridine rings is 1. The van der Waals surface area contributed by atoms with Crippen molar-refractivity contribution in [3.63, 3.8) is 0 Å². The molecule has 1 aromatic heterocycles. The largest absolute Gasteiger partial charge is 0.573 e. The van der Waals surface area contributed by atoms with Gasteiger partial charge in [-0.05, 0) is 15.9 Å². The average molecular weight is 305 g/mol. The van der Waals surface area contributed by atoms with Crippen LogP contribution in [0, 0.1) is 0 Å². The lowest BCUT2D eigenvalue weighted by molar-refractivity contribution is -0.274. The third-order valence-corrected chi connectivity index (χ3v) is 2.42. The Bertz CT molecular complexity index is 372. The molecule has 1 rings (SSSR count). The molecule has 0 fully saturated rings. The maximum Gasteiger partial charge on any atom is 0.573 e. The molecule has 2 N–H and O–H groups in total. The van der Waals surface area contributed by atoms with E-state index >= 15 is 0 Å². The highest BCUT2D eigenvalue weighted by Gasteiger charge is 2.32. The second kappa shape index (κ2) is 4.54. The fraction of sp³-hybridized carbons (Fsp3) is 0.286. The van der Waals surface area contributed by atoms with E-state index in [0.717, 1.165) is 6.07 Å². The van der Waals surface area contributed by atoms with Gasteiger partial charge < -0.3 is 10.5 Å². The van der Waals surface area contributed by atoms with Gasteiger partial charge in [-0.25, -0.2) is 4.98 Å². The zero-order valence-corrected chi connectivity index (χ0v) is 9.45. The highest BCUT2D eigenvalue weighted by molar-refractivity contribution is 9.10. The summed E-state index contributed by atoms with van der Waals surface area (Å²) in [7, 11) is 0. The summed E-state index contributed by atoms with van der Waals surface area (Å²) >= 11 is 8.40. The van der Waals surface area contributed by atoms with E-state index in [9.17, 15) is 13.2 Å². The van der Waals surface area contributed by atoms with Crippen LogP contribution < -0.4 is 10.5 Å². The van der Waals surface area contributed by atoms with Crippen molar-refractivity contribution in [2.24, 2.45) is 5.73 Å². The Kier molecular flexibility index (Phi) is 3.80. The molecule has 0 radical (unpaired) electrons. The SMILES string of the molecule is NCc1nc(Cl)cc(OC(F)(F)F)c1Br. The topological polar surface area (TPSA) is 48.1 Å². The number of halogens is 5. The van der Waals surface area contributed by atoms with E-state index in [4.69, 9.17) is 17.3 Å². The van der Waals surface area contributed by atoms with Crippen LogP contribution in [0.25, 0.3) is 0 Å². The molecule has 0 saturated carbocycles. The molecule has 3 nitrogen and oxygen atoms in total. The van der Waals surface area contributed by atoms with E-state index in [1.807, 2.05) is 0 Å². The third-order valence-electron chi connectivity index (χ3n) is 1.38. The number of alkyl halides is 3. The predicted molar refractivity (Wildman–Crippen MR) is 51.5 cm³/mol. The van der Waals surface area contributed by atoms with Crippen molar-refractivity contribution in [1.29, 1.82) is 0 Å². The summed E-state index contributed by atoms with van der Waals surface area (Å²) in [4.78, 5) is 3.73. The van der Waals surface area contributed by atoms with Crippen LogP contribution in [0.5, 0.6) is 5.75 Å². The average Bonchev–Trinajstić information content (AvgIpc) is 2.08. The molecule has 0 saturated heterocycles. The van der Waals surface area contributed by atoms with Crippen molar-refractivity contribution >= 4 is 27.5 Å². The first-order valence-corrected chi connectivity index (χ1v) is 4.81. The maximum absolute atomic E-state index is 12.0. The Morgan fingerprint density at radius 3 is 2.60 bits per heavy atom. The van der Waals surface area contributed by atoms with Gasteiger partial charge in [0.1, 0.15) is 10.9 Å². The smallest absolute Gasteiger partial charge is 0.404 e. The molecule has 0 aliphatic heterocycles. The number of aromatic nitrogens is 1. The van der Waals surface area contributed by atoms with Crippen molar-refractivity contribution in [3.8, 4) is 5.75 Å². The van der Waals surface area contributed by atoms with Crippen LogP contribution in [0.15, 0.2) is 10.5 Å². The monoisotopic (exact) mass is 304 g/mol. The Hall–Kier alpha value is -0.530. The van der Waals surface area contributed by atoms with Gasteiger partial charge in [0.05, 0.1) is 10.2 Å². The molecular weight excluding hydrogens is 300 g/mol. The van der Waals surface area contributed by atoms with Gasteiger partial charge in [-0.2, -0.15) is 0 Å². The first kappa shape index (κ1) is 12.5. The van der Waals surface area contributed by atoms with E-state index in [1.54, 1.807) is 0 Å². The minimum atomic E-state index is -4.78. The van der Waals surface area contributed by atoms with Crippen LogP contribution in [-0.2, 0) is 6.54 Å². The molecule has 15 heavy (non-hydrogen) atoms. The van der Waals surface area contributed by atoms with E-state index < -0.39 is 12.1 Å². The van der Waals surface area contributed by atoms with E-state index in [0.29, 0.717) is 0 Å². The summed E-state index contributed by atoms with van der Waals surface area (Å²) in [6, 6.07) is 0.957. The summed E-state index contributed by atoms with van der Waals surface area (Å²) in [6.45, 7) is -0.0463. The Balaban J connectivity index is 3.12. The van der Waals surface area contributed by atoms with Gasteiger partial charge in [0.15, 0.2) is 0 Å². The molecule has 1 heterocycles. The van der Waals surface area contributed by atoms with Gasteiger partial charge in [0.2, 0.25) is 0 Å². The summed E-state index contributed by atoms with van der Waals surface area (Å²) in [5.74, 6) is -0.456. The lowest BCUT2D eigenvalue weighted by Gasteiger charge is -2.12. The quantitative estimate of drug-likeness (QED) is 0.855. The van der Waals surface area contributed by atoms with Gasteiger partial charge in [-0.1, -0.05) is 11.6 Å². The lowest BCUT2D eigenvalue weighted by atomic mass is 10.3. The molecule has 0 unspecified atom stereocenters. The van der Waals surface area contributed by atoms with Crippen LogP contribution in [0.1, 0.15) is 5.69 Å². The highest BCUT2D eigenvalue weighted by Crippen LogP contribution is 2.33. The minimum absolute atomic E-state index is 0.0463. The van der Waals surface area contributed by atoms with Gasteiger partial charge >= 0.3 is 6.36 Å². The molecule has 0 aliphatic carbocycles. The summed E-state index contributed by atoms with van der Waals surface area (Å²) in [5.41, 5.74) is 5.46. The van der Waals surface area contributed by atoms with Crippen molar-refractivity contribution in [3.05, 3.63) is 21.4 Å². The summed E-state index contributed by atoms with van der Waals surface area (Å²) in [6.07, 6.45) is -4.78. The number of hydrogen-bond donors (Lipinski definition) is 1. The normalized spacial score (nSPS) is 11.6. The zero-order chi connectivity index (χ0) is 11.6. The van der Waals surface area contributed by atoms with Gasteiger partial charge in [-0.3, -0.25) is 0 Å². The van der Waals surface area contributed by atoms with Gasteiger partial charge in [0, 0.05) is 12.6 Å². The molecule has 0 aromatic carbocycles. The fourth-order valence-electron chi connectivity index (χ4n) is 0.858. The Morgan fingerprint density at radius 1 is 1.53 bits per heavy atom. The standard InChI is InChI=1S/C7H5BrClF3N2O/c8-6-3(2-13)14-5(9)1-4(6)15-7(10,11)12/h1H,2,13H2. The van der Waals surface area contributed by atoms with Crippen molar-refractivity contribution in [2.45, 2.75) is 12.9 Å². The molecule has 0 amide bonds. The summed E-state index contributed by atoms with van der Waals surface area (Å²) in [5, 5.41) is -0.113. The van der Waals surface area contributed by atoms with Crippen LogP contribution in [0.2, 0.25) is 5.15 Å². The maximum atomic E-state index is 12.0. The Labute approximate surface area is 96.5 Å². The molecule has 0 bridgehead atoms. The van der Waals surface area contributed by atoms with Crippen LogP contribution in [0.3, 0.4) is 0 Å². The summed E-state index contributed by atoms with van der Waals surface area (Å²) < 4.78 is 39.6. The lowest BCUT2D eigenvalue weighted by Crippen LogP contribution is -2.18. The molecular formula is C7H5BrClF3N2O. The zero-order valence-electron chi connectivity index (χ0n) is 7.11. The van der Waals surface area contributed by atoms with Gasteiger partial charge in [-0.15, -0.1) is 13.2 Å². The van der Waals surface area contributed by atoms with Crippen LogP contribution >= 0.6 is 27.5 Å². The van der Waals surface area contributed by atoms with E-state index in [2.05, 4.69) is 25.7 Å². The van der Waals surface area contributed by atoms with Crippen molar-refractivity contribution < 1.29 is 17.9 Å². The van der Waals surface area contributed by atoms with Crippen LogP contribution in [-0.4, -0.2) is 11.3 Å². The molecule has 0 aliphatic rings. The predicted octanol–water partition coefficient (Wildman–Crippen LogP) is 2.85. The highest BCUT2D eigenvalue weighted by atomic mass is 79.9.